The van der Waals surface area contributed by atoms with Crippen LogP contribution >= 0.6 is 45.6 Å². The van der Waals surface area contributed by atoms with Crippen LogP contribution in [0.4, 0.5) is 11.6 Å². The van der Waals surface area contributed by atoms with Crippen LogP contribution in [0, 0.1) is 35.5 Å². The van der Waals surface area contributed by atoms with Crippen molar-refractivity contribution in [1.82, 2.24) is 54.2 Å². The van der Waals surface area contributed by atoms with Crippen molar-refractivity contribution in [2.24, 2.45) is 56.1 Å². The number of ketones is 4. The van der Waals surface area contributed by atoms with Gasteiger partial charge in [-0.1, -0.05) is 42.0 Å². The number of nitrogens with two attached hydrogens (primary N) is 4. The smallest absolute Gasteiger partial charge is 0.333 e. The predicted molar refractivity (Wildman–Crippen MR) is 488 cm³/mol. The number of carbonyl (C=O) groups excluding carboxylic acids is 4. The van der Waals surface area contributed by atoms with Crippen molar-refractivity contribution in [1.29, 1.82) is 0 Å². The van der Waals surface area contributed by atoms with E-state index < -0.39 is 88.9 Å². The molecule has 0 bridgehead atoms. The van der Waals surface area contributed by atoms with E-state index in [-0.39, 0.29) is 102 Å². The summed E-state index contributed by atoms with van der Waals surface area (Å²) in [4.78, 5) is 91.7. The summed E-state index contributed by atoms with van der Waals surface area (Å²) >= 11 is 10.1. The quantitative estimate of drug-likeness (QED) is 0.0159. The van der Waals surface area contributed by atoms with Crippen LogP contribution < -0.4 is 31.2 Å². The van der Waals surface area contributed by atoms with Crippen LogP contribution in [0.25, 0.3) is 10.9 Å². The second-order valence-corrected chi connectivity index (χ2v) is 42.1. The minimum absolute atomic E-state index is 0.0165. The van der Waals surface area contributed by atoms with Crippen molar-refractivity contribution in [3.63, 3.8) is 0 Å². The van der Waals surface area contributed by atoms with Gasteiger partial charge in [-0.3, -0.25) is 40.8 Å². The number of aliphatic hydroxyl groups is 5. The average Bonchev–Trinajstić information content (AvgIpc) is 1.64. The zero-order valence-corrected chi connectivity index (χ0v) is 78.8. The Morgan fingerprint density at radius 2 is 0.992 bits per heavy atom. The number of thiophene rings is 3. The number of nitrogens with one attached hydrogen (secondary N) is 2. The standard InChI is InChI=1S/C28H33N5O5S2.C21H26N4O5S2.C18H24N4O7S.C17H21ClN4O6S2/c1-32(2)13-21-14-33(25-6-4-3-5-22(21)25)12-19-10-27(39-16-19)28(35)23-11-30-17-31-24(23)8-18-7-20(26(34)9-18)15-38-40(29,36)37;22-32(28,29)30-11-16-5-14(7-19(16)26)6-18-17(9-23-13-24-18)21(27)20-8-15(12-31-20)10-25-3-1-2-4-25;1-18(2,25)11-4-15(28-8-11)16(24)13-6-20-9-21-17(13)22-12-3-10(14(23)5-12)7-29-30(19,26)27;1-27-6-10-3-14(29-16(10)18)15(24)12-5-20-8-21-17(12)22-11-2-9(13(23)4-11)7-28-30(19,25)26/h3-6,10-11,14,16-18,20,26,34H,7-9,12-13,15H2,1-2H3,(H2,29,36,37);1-2,8-9,12-14,16,19,26H,3-7,10-11H2,(H2,22,28,29);4,6,8-10,12,14,23,25H,3,5,7H2,1-2H3,(H2,19,26,27)(H,20,21,22);3,5,8-9,11,13,23H,2,4,6-7H2,1H3,(H2,19,25,26)(H,20,21,22)/t18-,20+,26-;14-,16+,19-;10-,12-,14+;9-,11-,13+/m0011/s1. The first-order valence-electron chi connectivity index (χ1n) is 41.6. The highest BCUT2D eigenvalue weighted by Gasteiger charge is 2.40. The molecule has 132 heavy (non-hydrogen) atoms. The Hall–Kier alpha value is -9.07. The van der Waals surface area contributed by atoms with Crippen molar-refractivity contribution in [3.05, 3.63) is 220 Å². The van der Waals surface area contributed by atoms with Crippen molar-refractivity contribution >= 4 is 132 Å². The summed E-state index contributed by atoms with van der Waals surface area (Å²) in [5, 5.41) is 82.1. The maximum Gasteiger partial charge on any atom is 0.333 e. The fourth-order valence-electron chi connectivity index (χ4n) is 16.5. The lowest BCUT2D eigenvalue weighted by atomic mass is 9.96. The number of aromatic nitrogens is 9. The third-order valence-electron chi connectivity index (χ3n) is 22.8. The number of fused-ring (bicyclic) bond motifs is 1. The Labute approximate surface area is 779 Å². The van der Waals surface area contributed by atoms with E-state index in [1.165, 1.54) is 83.7 Å². The van der Waals surface area contributed by atoms with Gasteiger partial charge in [0.05, 0.1) is 122 Å². The summed E-state index contributed by atoms with van der Waals surface area (Å²) < 4.78 is 120. The zero-order valence-electron chi connectivity index (χ0n) is 72.3. The molecule has 10 heterocycles. The van der Waals surface area contributed by atoms with Crippen LogP contribution in [0.2, 0.25) is 4.34 Å². The lowest BCUT2D eigenvalue weighted by Crippen LogP contribution is -2.24. The van der Waals surface area contributed by atoms with Gasteiger partial charge in [-0.15, -0.1) is 34.0 Å². The SMILES string of the molecule is CC(C)(O)c1coc(C(=O)c2cncnc2N[C@@H]2C[C@H](COS(N)(=O)=O)[C@@H](O)C2)c1.CN(C)Cc1cn(Cc2csc(C(=O)c3cncnc3C[C@@H]3C[C@H](COS(N)(=O)=O)[C@@H](O)C3)c2)c2ccccc12.COCc1cc(C(=O)c2cncnc2N[C@@H]2C[C@H](COS(N)(=O)=O)[C@@H](O)C2)sc1Cl.NS(=O)(=O)OC[C@H]1C[C@@H](Cc2ncncc2C(=O)c2cc(CN3CC=CC3)cs2)C[C@@H]1O. The number of nitrogens with zero attached hydrogens (tertiary/aromatic N) is 11. The molecule has 15 rings (SSSR count). The molecule has 4 aliphatic carbocycles. The molecule has 4 saturated carbocycles. The van der Waals surface area contributed by atoms with E-state index in [4.69, 9.17) is 45.5 Å². The highest BCUT2D eigenvalue weighted by Crippen LogP contribution is 2.40. The second kappa shape index (κ2) is 45.1. The number of hydrogen-bond acceptors (Lipinski definition) is 38. The number of benzene rings is 1. The first kappa shape index (κ1) is 102. The Morgan fingerprint density at radius 1 is 0.561 bits per heavy atom. The van der Waals surface area contributed by atoms with Gasteiger partial charge in [0.25, 0.3) is 0 Å². The summed E-state index contributed by atoms with van der Waals surface area (Å²) in [5.74, 6) is -1.90. The summed E-state index contributed by atoms with van der Waals surface area (Å²) in [7, 11) is -10.6. The molecule has 4 fully saturated rings. The van der Waals surface area contributed by atoms with Crippen molar-refractivity contribution < 1.29 is 104 Å². The summed E-state index contributed by atoms with van der Waals surface area (Å²) in [6.07, 6.45) is 20.5. The molecule has 0 radical (unpaired) electrons. The monoisotopic (exact) mass is 1980 g/mol. The van der Waals surface area contributed by atoms with E-state index in [2.05, 4.69) is 128 Å². The number of halogens is 1. The van der Waals surface area contributed by atoms with Crippen molar-refractivity contribution in [2.45, 2.75) is 146 Å². The van der Waals surface area contributed by atoms with Gasteiger partial charge >= 0.3 is 41.2 Å². The molecule has 15 N–H and O–H groups in total. The highest BCUT2D eigenvalue weighted by atomic mass is 35.5. The molecule has 5 aliphatic rings. The molecule has 0 saturated heterocycles. The first-order chi connectivity index (χ1) is 62.5. The number of rotatable bonds is 37. The number of ether oxygens (including phenoxy) is 1. The van der Waals surface area contributed by atoms with Crippen LogP contribution in [0.1, 0.15) is 166 Å². The molecule has 10 aromatic rings. The summed E-state index contributed by atoms with van der Waals surface area (Å²) in [6, 6.07) is 14.8. The number of methoxy groups -OCH3 is 1. The molecule has 48 heteroatoms. The Kier molecular flexibility index (Phi) is 34.8. The van der Waals surface area contributed by atoms with Gasteiger partial charge in [0, 0.05) is 129 Å². The van der Waals surface area contributed by atoms with E-state index in [1.54, 1.807) is 39.4 Å². The van der Waals surface area contributed by atoms with Crippen LogP contribution in [-0.4, -0.2) is 234 Å². The highest BCUT2D eigenvalue weighted by molar-refractivity contribution is 7.85. The minimum atomic E-state index is -4.09. The molecule has 0 unspecified atom stereocenters. The van der Waals surface area contributed by atoms with E-state index >= 15 is 0 Å². The van der Waals surface area contributed by atoms with E-state index in [0.29, 0.717) is 130 Å². The van der Waals surface area contributed by atoms with Gasteiger partial charge in [-0.05, 0) is 162 Å². The van der Waals surface area contributed by atoms with Crippen molar-refractivity contribution in [3.8, 4) is 0 Å². The molecule has 40 nitrogen and oxygen atoms in total. The number of furan rings is 1. The summed E-state index contributed by atoms with van der Waals surface area (Å²) in [6.45, 7) is 6.81. The minimum Gasteiger partial charge on any atom is -0.460 e. The van der Waals surface area contributed by atoms with Crippen molar-refractivity contribution in [2.75, 3.05) is 71.4 Å². The largest absolute Gasteiger partial charge is 0.460 e. The molecule has 0 spiro atoms. The summed E-state index contributed by atoms with van der Waals surface area (Å²) in [5.41, 5.74) is 7.14. The number of anilines is 2. The maximum absolute atomic E-state index is 13.6. The second-order valence-electron chi connectivity index (χ2n) is 33.7. The fourth-order valence-corrected chi connectivity index (χ4v) is 20.9. The molecule has 12 atom stereocenters. The van der Waals surface area contributed by atoms with Gasteiger partial charge in [0.2, 0.25) is 23.1 Å². The molecular formula is C84H104ClN17O23S7. The zero-order chi connectivity index (χ0) is 95.2. The van der Waals surface area contributed by atoms with Crippen LogP contribution in [0.15, 0.2) is 138 Å². The third kappa shape index (κ3) is 29.0. The fraction of sp³-hybridized carbons (Fsp3) is 0.452. The van der Waals surface area contributed by atoms with Gasteiger partial charge in [-0.25, -0.2) is 60.4 Å². The topological polar surface area (TPSA) is 608 Å². The van der Waals surface area contributed by atoms with E-state index in [0.717, 1.165) is 59.7 Å². The van der Waals surface area contributed by atoms with Gasteiger partial charge < -0.3 is 54.8 Å². The molecule has 712 valence electrons. The Bertz CT molecular complexity index is 6200. The normalized spacial score (nSPS) is 21.7. The number of hydrogen-bond donors (Lipinski definition) is 11. The Morgan fingerprint density at radius 3 is 1.45 bits per heavy atom. The lowest BCUT2D eigenvalue weighted by molar-refractivity contribution is 0.0778. The number of para-hydroxylation sites is 1. The van der Waals surface area contributed by atoms with Crippen LogP contribution in [0.5, 0.6) is 0 Å². The number of aliphatic hydroxyl groups excluding tert-OH is 4. The van der Waals surface area contributed by atoms with E-state index in [1.807, 2.05) is 29.0 Å². The van der Waals surface area contributed by atoms with Gasteiger partial charge in [0.1, 0.15) is 36.9 Å². The molecule has 0 amide bonds. The van der Waals surface area contributed by atoms with Gasteiger partial charge in [0.15, 0.2) is 5.76 Å². The number of carbonyl (C=O) groups is 4. The predicted octanol–water partition coefficient (Wildman–Crippen LogP) is 5.91. The van der Waals surface area contributed by atoms with Crippen LogP contribution in [-0.2, 0) is 107 Å². The molecule has 9 aromatic heterocycles. The lowest BCUT2D eigenvalue weighted by Gasteiger charge is -2.15. The first-order valence-corrected chi connectivity index (χ1v) is 50.4. The molecule has 1 aliphatic heterocycles. The van der Waals surface area contributed by atoms with E-state index in [9.17, 15) is 78.4 Å². The molecular weight excluding hydrogens is 1870 g/mol. The average molecular weight is 1980 g/mol. The maximum atomic E-state index is 13.6. The van der Waals surface area contributed by atoms with Crippen LogP contribution in [0.3, 0.4) is 0 Å². The third-order valence-corrected chi connectivity index (χ3v) is 28.1. The molecule has 1 aromatic carbocycles. The Balaban J connectivity index is 0.000000160. The van der Waals surface area contributed by atoms with Gasteiger partial charge in [-0.2, -0.15) is 33.7 Å².